The van der Waals surface area contributed by atoms with Gasteiger partial charge in [0.1, 0.15) is 4.88 Å². The number of amides is 2. The normalized spacial score (nSPS) is 9.62. The molecule has 0 bridgehead atoms. The first-order valence-electron chi connectivity index (χ1n) is 3.40. The van der Waals surface area contributed by atoms with E-state index >= 15 is 0 Å². The van der Waals surface area contributed by atoms with E-state index in [0.717, 1.165) is 11.3 Å². The van der Waals surface area contributed by atoms with Crippen molar-refractivity contribution in [3.05, 3.63) is 15.8 Å². The second kappa shape index (κ2) is 3.44. The molecule has 0 aliphatic heterocycles. The van der Waals surface area contributed by atoms with Gasteiger partial charge in [-0.05, 0) is 17.9 Å². The van der Waals surface area contributed by atoms with Gasteiger partial charge in [-0.15, -0.1) is 11.3 Å². The van der Waals surface area contributed by atoms with Crippen LogP contribution in [0.1, 0.15) is 15.2 Å². The lowest BCUT2D eigenvalue weighted by Crippen LogP contribution is -2.20. The molecule has 0 saturated carbocycles. The third kappa shape index (κ3) is 1.97. The molecule has 0 saturated heterocycles. The van der Waals surface area contributed by atoms with Crippen LogP contribution in [0.2, 0.25) is 0 Å². The molecule has 1 rings (SSSR count). The van der Waals surface area contributed by atoms with E-state index in [-0.39, 0.29) is 10.6 Å². The second-order valence-electron chi connectivity index (χ2n) is 2.42. The van der Waals surface area contributed by atoms with E-state index in [1.807, 2.05) is 0 Å². The Kier molecular flexibility index (Phi) is 2.52. The van der Waals surface area contributed by atoms with Gasteiger partial charge in [0, 0.05) is 0 Å². The van der Waals surface area contributed by atoms with Crippen molar-refractivity contribution < 1.29 is 14.7 Å². The number of nitrogens with two attached hydrogens (primary N) is 1. The number of carbonyl (C=O) groups is 2. The van der Waals surface area contributed by atoms with E-state index in [0.29, 0.717) is 5.56 Å². The van der Waals surface area contributed by atoms with Crippen LogP contribution in [0.5, 0.6) is 0 Å². The molecule has 0 fully saturated rings. The number of nitrogens with one attached hydrogen (secondary N) is 1. The zero-order valence-electron chi connectivity index (χ0n) is 6.83. The predicted octanol–water partition coefficient (Wildman–Crippen LogP) is 1.25. The van der Waals surface area contributed by atoms with Crippen LogP contribution in [-0.2, 0) is 0 Å². The molecule has 1 aromatic rings. The lowest BCUT2D eigenvalue weighted by Gasteiger charge is -2.01. The van der Waals surface area contributed by atoms with Crippen molar-refractivity contribution in [2.45, 2.75) is 6.92 Å². The SMILES string of the molecule is Cc1csc(C(=O)O)c1NC(N)=O. The Balaban J connectivity index is 3.08. The minimum absolute atomic E-state index is 0.0938. The summed E-state index contributed by atoms with van der Waals surface area (Å²) in [5.74, 6) is -1.07. The third-order valence-electron chi connectivity index (χ3n) is 1.42. The highest BCUT2D eigenvalue weighted by Gasteiger charge is 2.15. The molecule has 0 radical (unpaired) electrons. The van der Waals surface area contributed by atoms with Gasteiger partial charge in [-0.2, -0.15) is 0 Å². The number of aromatic carboxylic acids is 1. The van der Waals surface area contributed by atoms with Crippen molar-refractivity contribution in [1.29, 1.82) is 0 Å². The molecule has 1 aromatic heterocycles. The number of thiophene rings is 1. The summed E-state index contributed by atoms with van der Waals surface area (Å²) in [6.45, 7) is 1.70. The van der Waals surface area contributed by atoms with E-state index < -0.39 is 12.0 Å². The minimum atomic E-state index is -1.07. The van der Waals surface area contributed by atoms with Crippen molar-refractivity contribution in [2.24, 2.45) is 5.73 Å². The molecule has 0 aromatic carbocycles. The molecular weight excluding hydrogens is 192 g/mol. The molecule has 0 aliphatic carbocycles. The number of rotatable bonds is 2. The summed E-state index contributed by atoms with van der Waals surface area (Å²) in [5.41, 5.74) is 5.86. The number of primary amides is 1. The molecule has 13 heavy (non-hydrogen) atoms. The molecule has 1 heterocycles. The van der Waals surface area contributed by atoms with Crippen molar-refractivity contribution in [3.63, 3.8) is 0 Å². The number of carboxylic acids is 1. The molecular formula is C7H8N2O3S. The first kappa shape index (κ1) is 9.53. The smallest absolute Gasteiger partial charge is 0.348 e. The quantitative estimate of drug-likeness (QED) is 0.670. The summed E-state index contributed by atoms with van der Waals surface area (Å²) in [5, 5.41) is 12.6. The Morgan fingerprint density at radius 1 is 1.62 bits per heavy atom. The van der Waals surface area contributed by atoms with Gasteiger partial charge in [0.25, 0.3) is 0 Å². The van der Waals surface area contributed by atoms with E-state index in [9.17, 15) is 9.59 Å². The van der Waals surface area contributed by atoms with Crippen LogP contribution in [0, 0.1) is 6.92 Å². The fourth-order valence-corrected chi connectivity index (χ4v) is 1.72. The largest absolute Gasteiger partial charge is 0.477 e. The lowest BCUT2D eigenvalue weighted by molar-refractivity contribution is 0.0703. The third-order valence-corrected chi connectivity index (χ3v) is 2.50. The highest BCUT2D eigenvalue weighted by molar-refractivity contribution is 7.12. The maximum absolute atomic E-state index is 10.6. The highest BCUT2D eigenvalue weighted by atomic mass is 32.1. The number of hydrogen-bond donors (Lipinski definition) is 3. The number of aryl methyl sites for hydroxylation is 1. The van der Waals surface area contributed by atoms with Gasteiger partial charge in [0.15, 0.2) is 0 Å². The monoisotopic (exact) mass is 200 g/mol. The van der Waals surface area contributed by atoms with Gasteiger partial charge in [0.2, 0.25) is 0 Å². The maximum Gasteiger partial charge on any atom is 0.348 e. The van der Waals surface area contributed by atoms with Gasteiger partial charge in [0.05, 0.1) is 5.69 Å². The first-order valence-corrected chi connectivity index (χ1v) is 4.28. The predicted molar refractivity (Wildman–Crippen MR) is 49.2 cm³/mol. The molecule has 5 nitrogen and oxygen atoms in total. The summed E-state index contributed by atoms with van der Waals surface area (Å²) in [7, 11) is 0. The molecule has 6 heteroatoms. The molecule has 70 valence electrons. The Bertz CT molecular complexity index is 359. The van der Waals surface area contributed by atoms with Gasteiger partial charge >= 0.3 is 12.0 Å². The minimum Gasteiger partial charge on any atom is -0.477 e. The fraction of sp³-hybridized carbons (Fsp3) is 0.143. The zero-order chi connectivity index (χ0) is 10.0. The van der Waals surface area contributed by atoms with Crippen LogP contribution < -0.4 is 11.1 Å². The summed E-state index contributed by atoms with van der Waals surface area (Å²) in [6, 6.07) is -0.760. The lowest BCUT2D eigenvalue weighted by atomic mass is 10.3. The maximum atomic E-state index is 10.6. The summed E-state index contributed by atoms with van der Waals surface area (Å²) < 4.78 is 0. The molecule has 0 spiro atoms. The molecule has 0 atom stereocenters. The van der Waals surface area contributed by atoms with Gasteiger partial charge < -0.3 is 16.2 Å². The van der Waals surface area contributed by atoms with Crippen LogP contribution in [0.25, 0.3) is 0 Å². The van der Waals surface area contributed by atoms with E-state index in [1.54, 1.807) is 12.3 Å². The second-order valence-corrected chi connectivity index (χ2v) is 3.30. The van der Waals surface area contributed by atoms with Crippen LogP contribution in [0.15, 0.2) is 5.38 Å². The number of carbonyl (C=O) groups excluding carboxylic acids is 1. The first-order chi connectivity index (χ1) is 6.02. The van der Waals surface area contributed by atoms with Gasteiger partial charge in [-0.25, -0.2) is 9.59 Å². The molecule has 4 N–H and O–H groups in total. The summed E-state index contributed by atoms with van der Waals surface area (Å²) >= 11 is 1.06. The van der Waals surface area contributed by atoms with Crippen molar-refractivity contribution in [2.75, 3.05) is 5.32 Å². The molecule has 0 aliphatic rings. The standard InChI is InChI=1S/C7H8N2O3S/c1-3-2-13-5(6(10)11)4(3)9-7(8)12/h2H,1H3,(H,10,11)(H3,8,9,12). The van der Waals surface area contributed by atoms with Crippen LogP contribution in [0.3, 0.4) is 0 Å². The highest BCUT2D eigenvalue weighted by Crippen LogP contribution is 2.27. The average Bonchev–Trinajstić information content (AvgIpc) is 2.32. The van der Waals surface area contributed by atoms with Crippen molar-refractivity contribution in [1.82, 2.24) is 0 Å². The van der Waals surface area contributed by atoms with Crippen LogP contribution >= 0.6 is 11.3 Å². The number of carboxylic acid groups (broad SMARTS) is 1. The fourth-order valence-electron chi connectivity index (χ4n) is 0.880. The average molecular weight is 200 g/mol. The number of anilines is 1. The van der Waals surface area contributed by atoms with Crippen LogP contribution in [0.4, 0.5) is 10.5 Å². The van der Waals surface area contributed by atoms with E-state index in [1.165, 1.54) is 0 Å². The van der Waals surface area contributed by atoms with Crippen molar-refractivity contribution in [3.8, 4) is 0 Å². The Labute approximate surface area is 78.2 Å². The van der Waals surface area contributed by atoms with Gasteiger partial charge in [-0.3, -0.25) is 0 Å². The zero-order valence-corrected chi connectivity index (χ0v) is 7.64. The van der Waals surface area contributed by atoms with E-state index in [4.69, 9.17) is 10.8 Å². The van der Waals surface area contributed by atoms with Crippen LogP contribution in [-0.4, -0.2) is 17.1 Å². The Morgan fingerprint density at radius 2 is 2.23 bits per heavy atom. The van der Waals surface area contributed by atoms with E-state index in [2.05, 4.69) is 5.32 Å². The topological polar surface area (TPSA) is 92.4 Å². The Hall–Kier alpha value is -1.56. The number of hydrogen-bond acceptors (Lipinski definition) is 3. The van der Waals surface area contributed by atoms with Gasteiger partial charge in [-0.1, -0.05) is 0 Å². The molecule has 0 unspecified atom stereocenters. The summed E-state index contributed by atoms with van der Waals surface area (Å²) in [4.78, 5) is 21.2. The molecule has 2 amide bonds. The van der Waals surface area contributed by atoms with Crippen molar-refractivity contribution >= 4 is 29.0 Å². The Morgan fingerprint density at radius 3 is 2.69 bits per heavy atom. The number of urea groups is 1. The summed E-state index contributed by atoms with van der Waals surface area (Å²) in [6.07, 6.45) is 0.